The summed E-state index contributed by atoms with van der Waals surface area (Å²) in [6, 6.07) is -0.326. The van der Waals surface area contributed by atoms with Gasteiger partial charge in [-0.3, -0.25) is 4.79 Å². The van der Waals surface area contributed by atoms with Crippen LogP contribution in [0, 0.1) is 0 Å². The van der Waals surface area contributed by atoms with Crippen LogP contribution in [0.4, 0.5) is 4.79 Å². The summed E-state index contributed by atoms with van der Waals surface area (Å²) in [5.74, 6) is -1.00. The number of carboxylic acids is 1. The van der Waals surface area contributed by atoms with Crippen molar-refractivity contribution in [1.29, 1.82) is 0 Å². The highest BCUT2D eigenvalue weighted by molar-refractivity contribution is 5.80. The zero-order valence-electron chi connectivity index (χ0n) is 13.4. The minimum atomic E-state index is -1.00. The van der Waals surface area contributed by atoms with Crippen molar-refractivity contribution >= 4 is 12.0 Å². The van der Waals surface area contributed by atoms with E-state index in [0.717, 1.165) is 26.1 Å². The highest BCUT2D eigenvalue weighted by Gasteiger charge is 2.28. The Balaban J connectivity index is 4.37. The number of hydrogen-bond acceptors (Lipinski definition) is 3. The third-order valence-corrected chi connectivity index (χ3v) is 3.04. The van der Waals surface area contributed by atoms with Gasteiger partial charge in [0, 0.05) is 18.6 Å². The summed E-state index contributed by atoms with van der Waals surface area (Å²) in [7, 11) is 0. The van der Waals surface area contributed by atoms with Crippen molar-refractivity contribution in [3.05, 3.63) is 0 Å². The zero-order chi connectivity index (χ0) is 15.8. The number of rotatable bonds is 8. The highest BCUT2D eigenvalue weighted by atomic mass is 16.4. The van der Waals surface area contributed by atoms with Gasteiger partial charge in [-0.15, -0.1) is 0 Å². The fraction of sp³-hybridized carbons (Fsp3) is 0.857. The molecule has 0 saturated carbocycles. The Morgan fingerprint density at radius 3 is 2.15 bits per heavy atom. The number of amides is 2. The second-order valence-electron chi connectivity index (χ2n) is 5.82. The van der Waals surface area contributed by atoms with Gasteiger partial charge < -0.3 is 20.2 Å². The molecular formula is C14H29N3O3. The van der Waals surface area contributed by atoms with Crippen LogP contribution in [0.15, 0.2) is 0 Å². The molecule has 6 heteroatoms. The van der Waals surface area contributed by atoms with E-state index in [1.807, 2.05) is 20.8 Å². The first-order chi connectivity index (χ1) is 9.22. The Bertz CT molecular complexity index is 313. The van der Waals surface area contributed by atoms with Crippen molar-refractivity contribution in [2.24, 2.45) is 0 Å². The average molecular weight is 287 g/mol. The number of likely N-dealkylation sites (N-methyl/N-ethyl adjacent to an activating group) is 1. The number of carboxylic acid groups (broad SMARTS) is 1. The minimum Gasteiger partial charge on any atom is -0.480 e. The van der Waals surface area contributed by atoms with Crippen LogP contribution in [0.5, 0.6) is 0 Å². The summed E-state index contributed by atoms with van der Waals surface area (Å²) in [5, 5.41) is 11.7. The first-order valence-corrected chi connectivity index (χ1v) is 7.22. The molecule has 0 aromatic rings. The molecule has 6 nitrogen and oxygen atoms in total. The predicted octanol–water partition coefficient (Wildman–Crippen LogP) is 1.61. The Labute approximate surface area is 122 Å². The standard InChI is InChI=1S/C14H29N3O3/c1-6-9-16(7-2)10-8-15-13(20)17(11-12(18)19)14(3,4)5/h6-11H2,1-5H3,(H,15,20)(H,18,19). The van der Waals surface area contributed by atoms with E-state index in [0.29, 0.717) is 6.54 Å². The molecule has 0 radical (unpaired) electrons. The lowest BCUT2D eigenvalue weighted by Crippen LogP contribution is -2.53. The summed E-state index contributed by atoms with van der Waals surface area (Å²) in [6.45, 7) is 12.6. The number of carbonyl (C=O) groups is 2. The summed E-state index contributed by atoms with van der Waals surface area (Å²) >= 11 is 0. The topological polar surface area (TPSA) is 72.9 Å². The smallest absolute Gasteiger partial charge is 0.323 e. The largest absolute Gasteiger partial charge is 0.480 e. The molecule has 0 spiro atoms. The maximum Gasteiger partial charge on any atom is 0.323 e. The van der Waals surface area contributed by atoms with E-state index in [2.05, 4.69) is 24.1 Å². The fourth-order valence-corrected chi connectivity index (χ4v) is 1.91. The van der Waals surface area contributed by atoms with Crippen LogP contribution < -0.4 is 5.32 Å². The molecular weight excluding hydrogens is 258 g/mol. The molecule has 0 aliphatic carbocycles. The van der Waals surface area contributed by atoms with Crippen LogP contribution in [0.2, 0.25) is 0 Å². The van der Waals surface area contributed by atoms with E-state index in [9.17, 15) is 9.59 Å². The first-order valence-electron chi connectivity index (χ1n) is 7.22. The SMILES string of the molecule is CCCN(CC)CCNC(=O)N(CC(=O)O)C(C)(C)C. The van der Waals surface area contributed by atoms with Gasteiger partial charge in [0.2, 0.25) is 0 Å². The third kappa shape index (κ3) is 7.33. The molecule has 2 N–H and O–H groups in total. The van der Waals surface area contributed by atoms with E-state index >= 15 is 0 Å². The number of aliphatic carboxylic acids is 1. The molecule has 0 unspecified atom stereocenters. The predicted molar refractivity (Wildman–Crippen MR) is 79.9 cm³/mol. The van der Waals surface area contributed by atoms with Gasteiger partial charge in [0.1, 0.15) is 6.54 Å². The van der Waals surface area contributed by atoms with E-state index in [1.165, 1.54) is 4.90 Å². The molecule has 0 heterocycles. The Hall–Kier alpha value is -1.30. The number of nitrogens with zero attached hydrogens (tertiary/aromatic N) is 2. The van der Waals surface area contributed by atoms with Crippen molar-refractivity contribution in [2.45, 2.75) is 46.6 Å². The Morgan fingerprint density at radius 1 is 1.15 bits per heavy atom. The molecule has 2 amide bonds. The molecule has 20 heavy (non-hydrogen) atoms. The lowest BCUT2D eigenvalue weighted by Gasteiger charge is -2.34. The monoisotopic (exact) mass is 287 g/mol. The molecule has 0 aromatic carbocycles. The van der Waals surface area contributed by atoms with Gasteiger partial charge in [-0.1, -0.05) is 13.8 Å². The number of hydrogen-bond donors (Lipinski definition) is 2. The molecule has 0 aliphatic heterocycles. The minimum absolute atomic E-state index is 0.290. The molecule has 0 rings (SSSR count). The van der Waals surface area contributed by atoms with Gasteiger partial charge in [-0.25, -0.2) is 4.79 Å². The Kier molecular flexibility index (Phi) is 8.22. The van der Waals surface area contributed by atoms with Gasteiger partial charge in [0.15, 0.2) is 0 Å². The lowest BCUT2D eigenvalue weighted by molar-refractivity contribution is -0.138. The number of carbonyl (C=O) groups excluding carboxylic acids is 1. The van der Waals surface area contributed by atoms with E-state index in [1.54, 1.807) is 0 Å². The third-order valence-electron chi connectivity index (χ3n) is 3.04. The zero-order valence-corrected chi connectivity index (χ0v) is 13.4. The number of nitrogens with one attached hydrogen (secondary N) is 1. The van der Waals surface area contributed by atoms with Crippen molar-refractivity contribution < 1.29 is 14.7 Å². The Morgan fingerprint density at radius 2 is 1.75 bits per heavy atom. The second kappa shape index (κ2) is 8.79. The van der Waals surface area contributed by atoms with Crippen LogP contribution in [0.3, 0.4) is 0 Å². The van der Waals surface area contributed by atoms with Gasteiger partial charge in [0.25, 0.3) is 0 Å². The summed E-state index contributed by atoms with van der Waals surface area (Å²) in [4.78, 5) is 26.5. The van der Waals surface area contributed by atoms with Crippen molar-refractivity contribution in [3.63, 3.8) is 0 Å². The van der Waals surface area contributed by atoms with Gasteiger partial charge in [0.05, 0.1) is 0 Å². The van der Waals surface area contributed by atoms with Crippen LogP contribution >= 0.6 is 0 Å². The maximum atomic E-state index is 12.1. The molecule has 118 valence electrons. The molecule has 0 atom stereocenters. The van der Waals surface area contributed by atoms with Gasteiger partial charge >= 0.3 is 12.0 Å². The molecule has 0 aliphatic rings. The summed E-state index contributed by atoms with van der Waals surface area (Å²) in [6.07, 6.45) is 1.08. The van der Waals surface area contributed by atoms with E-state index in [-0.39, 0.29) is 12.6 Å². The van der Waals surface area contributed by atoms with Crippen molar-refractivity contribution in [3.8, 4) is 0 Å². The van der Waals surface area contributed by atoms with Crippen LogP contribution in [-0.2, 0) is 4.79 Å². The normalized spacial score (nSPS) is 11.5. The van der Waals surface area contributed by atoms with E-state index in [4.69, 9.17) is 5.11 Å². The summed E-state index contributed by atoms with van der Waals surface area (Å²) in [5.41, 5.74) is -0.518. The maximum absolute atomic E-state index is 12.1. The first kappa shape index (κ1) is 18.7. The van der Waals surface area contributed by atoms with Crippen molar-refractivity contribution in [2.75, 3.05) is 32.7 Å². The highest BCUT2D eigenvalue weighted by Crippen LogP contribution is 2.12. The van der Waals surface area contributed by atoms with Crippen LogP contribution in [0.25, 0.3) is 0 Å². The van der Waals surface area contributed by atoms with E-state index < -0.39 is 11.5 Å². The lowest BCUT2D eigenvalue weighted by atomic mass is 10.1. The second-order valence-corrected chi connectivity index (χ2v) is 5.82. The average Bonchev–Trinajstić information content (AvgIpc) is 2.33. The van der Waals surface area contributed by atoms with Crippen molar-refractivity contribution in [1.82, 2.24) is 15.1 Å². The summed E-state index contributed by atoms with van der Waals surface area (Å²) < 4.78 is 0. The molecule has 0 bridgehead atoms. The van der Waals surface area contributed by atoms with Gasteiger partial charge in [-0.05, 0) is 40.3 Å². The van der Waals surface area contributed by atoms with Crippen LogP contribution in [0.1, 0.15) is 41.0 Å². The fourth-order valence-electron chi connectivity index (χ4n) is 1.91. The molecule has 0 saturated heterocycles. The van der Waals surface area contributed by atoms with Crippen LogP contribution in [-0.4, -0.2) is 65.2 Å². The van der Waals surface area contributed by atoms with Gasteiger partial charge in [-0.2, -0.15) is 0 Å². The number of urea groups is 1. The molecule has 0 fully saturated rings. The molecule has 0 aromatic heterocycles. The quantitative estimate of drug-likeness (QED) is 0.711.